The first-order valence-corrected chi connectivity index (χ1v) is 8.46. The highest BCUT2D eigenvalue weighted by Gasteiger charge is 2.12. The SMILES string of the molecule is CCCn1cc(CNC(=O)c2cccc(-c3nccnc3OC)c2)cn1. The number of rotatable bonds is 7. The van der Waals surface area contributed by atoms with Crippen molar-refractivity contribution in [2.75, 3.05) is 7.11 Å². The molecule has 0 aliphatic carbocycles. The zero-order chi connectivity index (χ0) is 18.4. The van der Waals surface area contributed by atoms with Crippen LogP contribution in [0, 0.1) is 0 Å². The van der Waals surface area contributed by atoms with Crippen LogP contribution >= 0.6 is 0 Å². The van der Waals surface area contributed by atoms with Gasteiger partial charge in [-0.1, -0.05) is 19.1 Å². The molecule has 134 valence electrons. The maximum Gasteiger partial charge on any atom is 0.251 e. The van der Waals surface area contributed by atoms with Crippen molar-refractivity contribution in [3.05, 3.63) is 60.2 Å². The van der Waals surface area contributed by atoms with Gasteiger partial charge in [-0.15, -0.1) is 0 Å². The van der Waals surface area contributed by atoms with Gasteiger partial charge in [0.2, 0.25) is 5.88 Å². The summed E-state index contributed by atoms with van der Waals surface area (Å²) in [4.78, 5) is 20.9. The summed E-state index contributed by atoms with van der Waals surface area (Å²) in [5, 5.41) is 7.18. The van der Waals surface area contributed by atoms with Gasteiger partial charge in [-0.3, -0.25) is 9.48 Å². The number of benzene rings is 1. The van der Waals surface area contributed by atoms with Crippen molar-refractivity contribution >= 4 is 5.91 Å². The zero-order valence-electron chi connectivity index (χ0n) is 14.8. The predicted molar refractivity (Wildman–Crippen MR) is 97.7 cm³/mol. The molecule has 0 unspecified atom stereocenters. The molecule has 0 spiro atoms. The molecular formula is C19H21N5O2. The summed E-state index contributed by atoms with van der Waals surface area (Å²) >= 11 is 0. The van der Waals surface area contributed by atoms with E-state index in [1.165, 1.54) is 0 Å². The summed E-state index contributed by atoms with van der Waals surface area (Å²) in [7, 11) is 1.54. The third kappa shape index (κ3) is 4.05. The number of aryl methyl sites for hydroxylation is 1. The van der Waals surface area contributed by atoms with E-state index < -0.39 is 0 Å². The number of methoxy groups -OCH3 is 1. The number of carbonyl (C=O) groups excluding carboxylic acids is 1. The molecule has 0 atom stereocenters. The fourth-order valence-corrected chi connectivity index (χ4v) is 2.61. The molecule has 0 aliphatic heterocycles. The Morgan fingerprint density at radius 2 is 2.12 bits per heavy atom. The van der Waals surface area contributed by atoms with E-state index in [-0.39, 0.29) is 5.91 Å². The molecule has 0 bridgehead atoms. The second kappa shape index (κ2) is 8.24. The Labute approximate surface area is 152 Å². The van der Waals surface area contributed by atoms with Crippen LogP contribution in [0.25, 0.3) is 11.3 Å². The summed E-state index contributed by atoms with van der Waals surface area (Å²) < 4.78 is 7.12. The molecule has 0 saturated heterocycles. The molecule has 26 heavy (non-hydrogen) atoms. The van der Waals surface area contributed by atoms with Gasteiger partial charge in [-0.2, -0.15) is 5.10 Å². The molecule has 0 saturated carbocycles. The second-order valence-electron chi connectivity index (χ2n) is 5.79. The molecule has 1 amide bonds. The van der Waals surface area contributed by atoms with Crippen LogP contribution in [0.4, 0.5) is 0 Å². The van der Waals surface area contributed by atoms with Crippen LogP contribution in [0.2, 0.25) is 0 Å². The van der Waals surface area contributed by atoms with E-state index in [0.29, 0.717) is 23.7 Å². The second-order valence-corrected chi connectivity index (χ2v) is 5.79. The zero-order valence-corrected chi connectivity index (χ0v) is 14.8. The highest BCUT2D eigenvalue weighted by molar-refractivity contribution is 5.95. The van der Waals surface area contributed by atoms with Crippen molar-refractivity contribution < 1.29 is 9.53 Å². The van der Waals surface area contributed by atoms with Gasteiger partial charge in [0.1, 0.15) is 5.69 Å². The number of carbonyl (C=O) groups is 1. The number of hydrogen-bond donors (Lipinski definition) is 1. The Balaban J connectivity index is 1.71. The Kier molecular flexibility index (Phi) is 5.58. The van der Waals surface area contributed by atoms with Crippen molar-refractivity contribution in [2.45, 2.75) is 26.4 Å². The Bertz CT molecular complexity index is 891. The third-order valence-electron chi connectivity index (χ3n) is 3.85. The van der Waals surface area contributed by atoms with Crippen molar-refractivity contribution in [3.63, 3.8) is 0 Å². The molecule has 3 aromatic rings. The minimum Gasteiger partial charge on any atom is -0.479 e. The Morgan fingerprint density at radius 3 is 2.92 bits per heavy atom. The molecule has 7 heteroatoms. The average molecular weight is 351 g/mol. The number of nitrogens with one attached hydrogen (secondary N) is 1. The molecule has 2 heterocycles. The van der Waals surface area contributed by atoms with E-state index in [9.17, 15) is 4.79 Å². The fourth-order valence-electron chi connectivity index (χ4n) is 2.61. The maximum atomic E-state index is 12.5. The number of amides is 1. The van der Waals surface area contributed by atoms with Gasteiger partial charge >= 0.3 is 0 Å². The van der Waals surface area contributed by atoms with E-state index in [4.69, 9.17) is 4.74 Å². The third-order valence-corrected chi connectivity index (χ3v) is 3.85. The number of ether oxygens (including phenoxy) is 1. The lowest BCUT2D eigenvalue weighted by atomic mass is 10.1. The van der Waals surface area contributed by atoms with Crippen LogP contribution in [0.15, 0.2) is 49.1 Å². The summed E-state index contributed by atoms with van der Waals surface area (Å²) in [6, 6.07) is 7.24. The summed E-state index contributed by atoms with van der Waals surface area (Å²) in [6.45, 7) is 3.40. The predicted octanol–water partition coefficient (Wildman–Crippen LogP) is 2.69. The molecule has 1 N–H and O–H groups in total. The molecule has 0 fully saturated rings. The molecule has 1 aromatic carbocycles. The average Bonchev–Trinajstić information content (AvgIpc) is 3.14. The molecule has 2 aromatic heterocycles. The Morgan fingerprint density at radius 1 is 1.27 bits per heavy atom. The lowest BCUT2D eigenvalue weighted by molar-refractivity contribution is 0.0951. The van der Waals surface area contributed by atoms with E-state index in [1.807, 2.05) is 23.0 Å². The first-order valence-electron chi connectivity index (χ1n) is 8.46. The van der Waals surface area contributed by atoms with Gasteiger partial charge in [0.05, 0.1) is 13.3 Å². The first-order chi connectivity index (χ1) is 12.7. The number of nitrogens with zero attached hydrogens (tertiary/aromatic N) is 4. The van der Waals surface area contributed by atoms with Crippen LogP contribution < -0.4 is 10.1 Å². The van der Waals surface area contributed by atoms with Crippen molar-refractivity contribution in [3.8, 4) is 17.1 Å². The van der Waals surface area contributed by atoms with Crippen LogP contribution in [-0.2, 0) is 13.1 Å². The molecule has 0 radical (unpaired) electrons. The normalized spacial score (nSPS) is 10.5. The highest BCUT2D eigenvalue weighted by atomic mass is 16.5. The van der Waals surface area contributed by atoms with Gasteiger partial charge < -0.3 is 10.1 Å². The minimum absolute atomic E-state index is 0.155. The monoisotopic (exact) mass is 351 g/mol. The van der Waals surface area contributed by atoms with Gasteiger partial charge in [-0.05, 0) is 18.6 Å². The smallest absolute Gasteiger partial charge is 0.251 e. The van der Waals surface area contributed by atoms with Crippen LogP contribution in [0.1, 0.15) is 29.3 Å². The first kappa shape index (κ1) is 17.6. The number of hydrogen-bond acceptors (Lipinski definition) is 5. The lowest BCUT2D eigenvalue weighted by Crippen LogP contribution is -2.22. The maximum absolute atomic E-state index is 12.5. The van der Waals surface area contributed by atoms with Crippen molar-refractivity contribution in [1.82, 2.24) is 25.1 Å². The van der Waals surface area contributed by atoms with Crippen molar-refractivity contribution in [2.24, 2.45) is 0 Å². The standard InChI is InChI=1S/C19H21N5O2/c1-3-9-24-13-14(12-23-24)11-22-18(25)16-6-4-5-15(10-16)17-19(26-2)21-8-7-20-17/h4-8,10,12-13H,3,9,11H2,1-2H3,(H,22,25). The largest absolute Gasteiger partial charge is 0.479 e. The molecule has 0 aliphatic rings. The van der Waals surface area contributed by atoms with E-state index in [0.717, 1.165) is 24.1 Å². The number of aromatic nitrogens is 4. The van der Waals surface area contributed by atoms with Gasteiger partial charge in [0, 0.05) is 48.4 Å². The van der Waals surface area contributed by atoms with Crippen LogP contribution in [0.3, 0.4) is 0 Å². The van der Waals surface area contributed by atoms with Crippen LogP contribution in [-0.4, -0.2) is 32.8 Å². The molecule has 3 rings (SSSR count). The van der Waals surface area contributed by atoms with Gasteiger partial charge in [0.15, 0.2) is 0 Å². The fraction of sp³-hybridized carbons (Fsp3) is 0.263. The van der Waals surface area contributed by atoms with Gasteiger partial charge in [0.25, 0.3) is 5.91 Å². The highest BCUT2D eigenvalue weighted by Crippen LogP contribution is 2.25. The van der Waals surface area contributed by atoms with E-state index in [1.54, 1.807) is 37.8 Å². The minimum atomic E-state index is -0.155. The summed E-state index contributed by atoms with van der Waals surface area (Å²) in [6.07, 6.45) is 7.91. The summed E-state index contributed by atoms with van der Waals surface area (Å²) in [5.41, 5.74) is 2.90. The van der Waals surface area contributed by atoms with Crippen molar-refractivity contribution in [1.29, 1.82) is 0 Å². The van der Waals surface area contributed by atoms with Crippen LogP contribution in [0.5, 0.6) is 5.88 Å². The molecule has 7 nitrogen and oxygen atoms in total. The molecular weight excluding hydrogens is 330 g/mol. The lowest BCUT2D eigenvalue weighted by Gasteiger charge is -2.08. The van der Waals surface area contributed by atoms with Gasteiger partial charge in [-0.25, -0.2) is 9.97 Å². The van der Waals surface area contributed by atoms with E-state index >= 15 is 0 Å². The van der Waals surface area contributed by atoms with E-state index in [2.05, 4.69) is 27.3 Å². The Hall–Kier alpha value is -3.22. The quantitative estimate of drug-likeness (QED) is 0.708. The topological polar surface area (TPSA) is 81.9 Å². The summed E-state index contributed by atoms with van der Waals surface area (Å²) in [5.74, 6) is 0.270.